The molecule has 1 unspecified atom stereocenters. The highest BCUT2D eigenvalue weighted by Gasteiger charge is 2.38. The summed E-state index contributed by atoms with van der Waals surface area (Å²) < 4.78 is 46.7. The summed E-state index contributed by atoms with van der Waals surface area (Å²) in [6, 6.07) is 7.65. The molecule has 24 heavy (non-hydrogen) atoms. The fraction of sp³-hybridized carbons (Fsp3) is 0.267. The molecule has 6 nitrogen and oxygen atoms in total. The molecule has 9 heteroatoms. The van der Waals surface area contributed by atoms with E-state index in [0.717, 1.165) is 0 Å². The van der Waals surface area contributed by atoms with Crippen LogP contribution in [0.1, 0.15) is 29.8 Å². The van der Waals surface area contributed by atoms with Crippen LogP contribution in [0.5, 0.6) is 0 Å². The van der Waals surface area contributed by atoms with Crippen molar-refractivity contribution in [2.24, 2.45) is 0 Å². The summed E-state index contributed by atoms with van der Waals surface area (Å²) in [5.41, 5.74) is -0.0216. The molecule has 0 amide bonds. The Morgan fingerprint density at radius 1 is 1.04 bits per heavy atom. The maximum Gasteiger partial charge on any atom is 0.471 e. The first-order valence-electron chi connectivity index (χ1n) is 6.86. The van der Waals surface area contributed by atoms with Crippen molar-refractivity contribution in [3.8, 4) is 11.4 Å². The van der Waals surface area contributed by atoms with Crippen LogP contribution in [0, 0.1) is 6.92 Å². The summed E-state index contributed by atoms with van der Waals surface area (Å²) >= 11 is 0. The van der Waals surface area contributed by atoms with E-state index in [1.165, 1.54) is 31.2 Å². The van der Waals surface area contributed by atoms with Crippen LogP contribution in [0.15, 0.2) is 39.4 Å². The molecule has 126 valence electrons. The third kappa shape index (κ3) is 2.90. The van der Waals surface area contributed by atoms with Gasteiger partial charge in [-0.25, -0.2) is 0 Å². The molecule has 3 rings (SSSR count). The van der Waals surface area contributed by atoms with Gasteiger partial charge in [0.05, 0.1) is 5.69 Å². The summed E-state index contributed by atoms with van der Waals surface area (Å²) in [7, 11) is 0. The Labute approximate surface area is 133 Å². The highest BCUT2D eigenvalue weighted by molar-refractivity contribution is 5.55. The normalized spacial score (nSPS) is 14.6. The van der Waals surface area contributed by atoms with E-state index in [0.29, 0.717) is 16.8 Å². The molecule has 0 aliphatic rings. The zero-order valence-electron chi connectivity index (χ0n) is 12.6. The average Bonchev–Trinajstić information content (AvgIpc) is 3.16. The standard InChI is InChI=1S/C15H12F3N3O3/c1-8-7-11(23-20-8)14(2,22)10-5-3-9(4-6-10)12-19-13(24-21-12)15(16,17)18/h3-7,22H,1-2H3. The number of benzene rings is 1. The van der Waals surface area contributed by atoms with Crippen molar-refractivity contribution in [3.63, 3.8) is 0 Å². The van der Waals surface area contributed by atoms with E-state index in [4.69, 9.17) is 4.52 Å². The highest BCUT2D eigenvalue weighted by atomic mass is 19.4. The lowest BCUT2D eigenvalue weighted by atomic mass is 9.92. The number of aromatic nitrogens is 3. The largest absolute Gasteiger partial charge is 0.471 e. The Morgan fingerprint density at radius 2 is 1.71 bits per heavy atom. The maximum atomic E-state index is 12.5. The molecule has 0 aliphatic carbocycles. The van der Waals surface area contributed by atoms with Crippen molar-refractivity contribution in [1.29, 1.82) is 0 Å². The van der Waals surface area contributed by atoms with E-state index in [1.807, 2.05) is 0 Å². The molecule has 3 aromatic rings. The highest BCUT2D eigenvalue weighted by Crippen LogP contribution is 2.32. The summed E-state index contributed by atoms with van der Waals surface area (Å²) in [5.74, 6) is -1.35. The number of hydrogen-bond acceptors (Lipinski definition) is 6. The molecule has 1 N–H and O–H groups in total. The van der Waals surface area contributed by atoms with Crippen molar-refractivity contribution in [2.45, 2.75) is 25.6 Å². The van der Waals surface area contributed by atoms with Crippen LogP contribution in [0.2, 0.25) is 0 Å². The zero-order valence-corrected chi connectivity index (χ0v) is 12.6. The molecule has 0 aliphatic heterocycles. The van der Waals surface area contributed by atoms with E-state index in [1.54, 1.807) is 13.0 Å². The van der Waals surface area contributed by atoms with Gasteiger partial charge in [-0.15, -0.1) is 0 Å². The molecular formula is C15H12F3N3O3. The third-order valence-corrected chi connectivity index (χ3v) is 3.48. The number of hydrogen-bond donors (Lipinski definition) is 1. The summed E-state index contributed by atoms with van der Waals surface area (Å²) in [4.78, 5) is 3.31. The van der Waals surface area contributed by atoms with Crippen LogP contribution >= 0.6 is 0 Å². The lowest BCUT2D eigenvalue weighted by Gasteiger charge is -2.20. The van der Waals surface area contributed by atoms with Crippen molar-refractivity contribution in [1.82, 2.24) is 15.3 Å². The van der Waals surface area contributed by atoms with Gasteiger partial charge in [0.25, 0.3) is 0 Å². The minimum atomic E-state index is -4.70. The Kier molecular flexibility index (Phi) is 3.67. The first-order valence-corrected chi connectivity index (χ1v) is 6.86. The van der Waals surface area contributed by atoms with Crippen LogP contribution in [-0.4, -0.2) is 20.4 Å². The molecule has 0 radical (unpaired) electrons. The van der Waals surface area contributed by atoms with Gasteiger partial charge in [0.1, 0.15) is 5.60 Å². The number of rotatable bonds is 3. The van der Waals surface area contributed by atoms with Gasteiger partial charge in [0.2, 0.25) is 5.82 Å². The second-order valence-corrected chi connectivity index (χ2v) is 5.40. The predicted molar refractivity (Wildman–Crippen MR) is 74.6 cm³/mol. The molecular weight excluding hydrogens is 327 g/mol. The van der Waals surface area contributed by atoms with Crippen molar-refractivity contribution < 1.29 is 27.3 Å². The van der Waals surface area contributed by atoms with Crippen LogP contribution < -0.4 is 0 Å². The summed E-state index contributed by atoms with van der Waals surface area (Å²) in [5, 5.41) is 17.6. The smallest absolute Gasteiger partial charge is 0.377 e. The van der Waals surface area contributed by atoms with E-state index in [2.05, 4.69) is 19.8 Å². The fourth-order valence-corrected chi connectivity index (χ4v) is 2.13. The van der Waals surface area contributed by atoms with Crippen LogP contribution in [0.3, 0.4) is 0 Å². The van der Waals surface area contributed by atoms with Gasteiger partial charge in [-0.05, 0) is 19.4 Å². The number of nitrogens with zero attached hydrogens (tertiary/aromatic N) is 3. The van der Waals surface area contributed by atoms with Gasteiger partial charge in [-0.1, -0.05) is 34.6 Å². The SMILES string of the molecule is Cc1cc(C(C)(O)c2ccc(-c3noc(C(F)(F)F)n3)cc2)on1. The van der Waals surface area contributed by atoms with Crippen LogP contribution in [0.4, 0.5) is 13.2 Å². The van der Waals surface area contributed by atoms with Crippen LogP contribution in [0.25, 0.3) is 11.4 Å². The minimum absolute atomic E-state index is 0.191. The number of aliphatic hydroxyl groups is 1. The molecule has 0 saturated heterocycles. The Hall–Kier alpha value is -2.68. The third-order valence-electron chi connectivity index (χ3n) is 3.48. The van der Waals surface area contributed by atoms with Gasteiger partial charge >= 0.3 is 12.1 Å². The first-order chi connectivity index (χ1) is 11.2. The first kappa shape index (κ1) is 16.2. The Balaban J connectivity index is 1.89. The number of halogens is 3. The molecule has 0 spiro atoms. The Morgan fingerprint density at radius 3 is 2.21 bits per heavy atom. The van der Waals surface area contributed by atoms with Gasteiger partial charge in [-0.2, -0.15) is 18.2 Å². The minimum Gasteiger partial charge on any atom is -0.377 e. The Bertz CT molecular complexity index is 851. The second-order valence-electron chi connectivity index (χ2n) is 5.40. The fourth-order valence-electron chi connectivity index (χ4n) is 2.13. The zero-order chi connectivity index (χ0) is 17.5. The van der Waals surface area contributed by atoms with E-state index >= 15 is 0 Å². The molecule has 0 saturated carbocycles. The van der Waals surface area contributed by atoms with Crippen molar-refractivity contribution in [3.05, 3.63) is 53.2 Å². The van der Waals surface area contributed by atoms with Gasteiger partial charge in [0, 0.05) is 11.6 Å². The van der Waals surface area contributed by atoms with Crippen LogP contribution in [-0.2, 0) is 11.8 Å². The topological polar surface area (TPSA) is 85.2 Å². The predicted octanol–water partition coefficient (Wildman–Crippen LogP) is 3.31. The van der Waals surface area contributed by atoms with Gasteiger partial charge in [-0.3, -0.25) is 0 Å². The van der Waals surface area contributed by atoms with E-state index < -0.39 is 17.7 Å². The molecule has 1 atom stereocenters. The molecule has 2 heterocycles. The molecule has 1 aromatic carbocycles. The van der Waals surface area contributed by atoms with E-state index in [-0.39, 0.29) is 11.6 Å². The average molecular weight is 339 g/mol. The lowest BCUT2D eigenvalue weighted by Crippen LogP contribution is -2.21. The molecule has 0 bridgehead atoms. The van der Waals surface area contributed by atoms with Crippen molar-refractivity contribution >= 4 is 0 Å². The summed E-state index contributed by atoms with van der Waals surface area (Å²) in [6.45, 7) is 3.25. The quantitative estimate of drug-likeness (QED) is 0.788. The van der Waals surface area contributed by atoms with Crippen molar-refractivity contribution in [2.75, 3.05) is 0 Å². The van der Waals surface area contributed by atoms with Gasteiger partial charge < -0.3 is 14.2 Å². The summed E-state index contributed by atoms with van der Waals surface area (Å²) in [6.07, 6.45) is -4.70. The van der Waals surface area contributed by atoms with Gasteiger partial charge in [0.15, 0.2) is 5.76 Å². The lowest BCUT2D eigenvalue weighted by molar-refractivity contribution is -0.159. The second kappa shape index (κ2) is 5.45. The number of alkyl halides is 3. The maximum absolute atomic E-state index is 12.5. The molecule has 2 aromatic heterocycles. The van der Waals surface area contributed by atoms with E-state index in [9.17, 15) is 18.3 Å². The molecule has 0 fully saturated rings. The monoisotopic (exact) mass is 339 g/mol. The number of aryl methyl sites for hydroxylation is 1.